The maximum Gasteiger partial charge on any atom is 0.352 e. The van der Waals surface area contributed by atoms with Gasteiger partial charge in [-0.2, -0.15) is 14.0 Å². The van der Waals surface area contributed by atoms with Crippen LogP contribution in [0.2, 0.25) is 0 Å². The summed E-state index contributed by atoms with van der Waals surface area (Å²) in [6.45, 7) is 3.48. The van der Waals surface area contributed by atoms with Crippen molar-refractivity contribution in [2.75, 3.05) is 10.6 Å². The predicted molar refractivity (Wildman–Crippen MR) is 80.7 cm³/mol. The average Bonchev–Trinajstić information content (AvgIpc) is 2.69. The van der Waals surface area contributed by atoms with Crippen molar-refractivity contribution in [2.24, 2.45) is 0 Å². The summed E-state index contributed by atoms with van der Waals surface area (Å²) in [6, 6.07) is 7.95. The van der Waals surface area contributed by atoms with Crippen LogP contribution in [0.15, 0.2) is 24.3 Å². The molecule has 116 valence electrons. The molecule has 0 unspecified atom stereocenters. The zero-order chi connectivity index (χ0) is 16.8. The number of aromatic nitrogens is 1. The van der Waals surface area contributed by atoms with Crippen LogP contribution in [0, 0.1) is 25.2 Å². The third kappa shape index (κ3) is 2.38. The van der Waals surface area contributed by atoms with Gasteiger partial charge in [-0.25, -0.2) is 4.98 Å². The van der Waals surface area contributed by atoms with E-state index in [4.69, 9.17) is 5.26 Å². The molecule has 0 atom stereocenters. The van der Waals surface area contributed by atoms with E-state index >= 15 is 0 Å². The zero-order valence-electron chi connectivity index (χ0n) is 12.4. The minimum absolute atomic E-state index is 0.102. The van der Waals surface area contributed by atoms with Crippen LogP contribution < -0.4 is 10.6 Å². The van der Waals surface area contributed by atoms with E-state index in [0.29, 0.717) is 22.8 Å². The number of pyridine rings is 1. The van der Waals surface area contributed by atoms with Crippen LogP contribution in [-0.4, -0.2) is 10.9 Å². The number of fused-ring (bicyclic) bond motifs is 1. The lowest BCUT2D eigenvalue weighted by molar-refractivity contribution is -0.139. The quantitative estimate of drug-likeness (QED) is 0.891. The number of nitrogens with zero attached hydrogens (tertiary/aromatic N) is 2. The highest BCUT2D eigenvalue weighted by atomic mass is 19.3. The Morgan fingerprint density at radius 3 is 2.70 bits per heavy atom. The van der Waals surface area contributed by atoms with E-state index in [9.17, 15) is 13.6 Å². The number of hydrogen-bond acceptors (Lipinski definition) is 4. The van der Waals surface area contributed by atoms with Crippen LogP contribution in [-0.2, 0) is 10.7 Å². The molecule has 0 saturated carbocycles. The molecular weight excluding hydrogens is 302 g/mol. The van der Waals surface area contributed by atoms with Crippen molar-refractivity contribution in [1.82, 2.24) is 4.98 Å². The Hall–Kier alpha value is -3.01. The van der Waals surface area contributed by atoms with Crippen LogP contribution in [0.25, 0.3) is 0 Å². The lowest BCUT2D eigenvalue weighted by Gasteiger charge is -2.11. The Bertz CT molecular complexity index is 848. The summed E-state index contributed by atoms with van der Waals surface area (Å²) in [4.78, 5) is 15.5. The van der Waals surface area contributed by atoms with Gasteiger partial charge in [-0.1, -0.05) is 0 Å². The molecule has 23 heavy (non-hydrogen) atoms. The fraction of sp³-hybridized carbons (Fsp3) is 0.188. The van der Waals surface area contributed by atoms with Gasteiger partial charge in [0.15, 0.2) is 0 Å². The van der Waals surface area contributed by atoms with Crippen LogP contribution in [0.1, 0.15) is 22.4 Å². The third-order valence-electron chi connectivity index (χ3n) is 3.67. The first-order chi connectivity index (χ1) is 10.8. The number of carbonyl (C=O) groups is 1. The summed E-state index contributed by atoms with van der Waals surface area (Å²) in [6.07, 6.45) is 0. The number of amides is 1. The van der Waals surface area contributed by atoms with Crippen molar-refractivity contribution in [3.8, 4) is 6.07 Å². The van der Waals surface area contributed by atoms with E-state index in [2.05, 4.69) is 21.7 Å². The molecule has 0 radical (unpaired) electrons. The Kier molecular flexibility index (Phi) is 3.25. The van der Waals surface area contributed by atoms with E-state index in [-0.39, 0.29) is 11.3 Å². The number of halogens is 2. The van der Waals surface area contributed by atoms with Crippen molar-refractivity contribution < 1.29 is 13.6 Å². The fourth-order valence-corrected chi connectivity index (χ4v) is 2.53. The van der Waals surface area contributed by atoms with Crippen molar-refractivity contribution in [2.45, 2.75) is 19.8 Å². The molecule has 2 N–H and O–H groups in total. The van der Waals surface area contributed by atoms with Gasteiger partial charge < -0.3 is 10.6 Å². The van der Waals surface area contributed by atoms with E-state index in [1.807, 2.05) is 0 Å². The molecule has 1 aliphatic heterocycles. The minimum Gasteiger partial charge on any atom is -0.340 e. The van der Waals surface area contributed by atoms with Crippen LogP contribution in [0.5, 0.6) is 0 Å². The maximum absolute atomic E-state index is 13.8. The monoisotopic (exact) mass is 314 g/mol. The van der Waals surface area contributed by atoms with Gasteiger partial charge in [-0.05, 0) is 43.7 Å². The smallest absolute Gasteiger partial charge is 0.340 e. The van der Waals surface area contributed by atoms with Gasteiger partial charge in [0.25, 0.3) is 5.91 Å². The normalized spacial score (nSPS) is 14.8. The Morgan fingerprint density at radius 2 is 2.04 bits per heavy atom. The minimum atomic E-state index is -3.54. The maximum atomic E-state index is 13.8. The number of nitriles is 1. The number of nitrogens with one attached hydrogen (secondary N) is 2. The number of anilines is 3. The van der Waals surface area contributed by atoms with E-state index < -0.39 is 11.8 Å². The Morgan fingerprint density at radius 1 is 1.30 bits per heavy atom. The number of rotatable bonds is 2. The fourth-order valence-electron chi connectivity index (χ4n) is 2.53. The summed E-state index contributed by atoms with van der Waals surface area (Å²) in [5.74, 6) is -4.43. The second-order valence-electron chi connectivity index (χ2n) is 5.31. The lowest BCUT2D eigenvalue weighted by atomic mass is 10.1. The Balaban J connectivity index is 1.96. The Labute approximate surface area is 131 Å². The average molecular weight is 314 g/mol. The number of hydrogen-bond donors (Lipinski definition) is 2. The first-order valence-electron chi connectivity index (χ1n) is 6.82. The van der Waals surface area contributed by atoms with Crippen molar-refractivity contribution >= 4 is 23.1 Å². The second-order valence-corrected chi connectivity index (χ2v) is 5.31. The summed E-state index contributed by atoms with van der Waals surface area (Å²) < 4.78 is 27.6. The molecule has 2 heterocycles. The number of alkyl halides is 2. The largest absolute Gasteiger partial charge is 0.352 e. The molecule has 7 heteroatoms. The predicted octanol–water partition coefficient (Wildman–Crippen LogP) is 3.36. The summed E-state index contributed by atoms with van der Waals surface area (Å²) in [7, 11) is 0. The van der Waals surface area contributed by atoms with E-state index in [1.54, 1.807) is 26.0 Å². The molecule has 0 saturated heterocycles. The molecule has 1 aromatic carbocycles. The molecular formula is C16H12F2N4O. The molecule has 5 nitrogen and oxygen atoms in total. The van der Waals surface area contributed by atoms with E-state index in [1.165, 1.54) is 12.1 Å². The first kappa shape index (κ1) is 14.9. The molecule has 3 rings (SSSR count). The molecule has 0 bridgehead atoms. The molecule has 0 aliphatic carbocycles. The lowest BCUT2D eigenvalue weighted by Crippen LogP contribution is -2.23. The third-order valence-corrected chi connectivity index (χ3v) is 3.67. The molecule has 0 fully saturated rings. The SMILES string of the molecule is Cc1cc(Nc2ccc3c(c2)C(F)(F)C(=O)N3)nc(C)c1C#N. The first-order valence-corrected chi connectivity index (χ1v) is 6.82. The van der Waals surface area contributed by atoms with Crippen LogP contribution in [0.3, 0.4) is 0 Å². The molecule has 1 amide bonds. The second kappa shape index (κ2) is 5.02. The van der Waals surface area contributed by atoms with Gasteiger partial charge in [-0.15, -0.1) is 0 Å². The highest BCUT2D eigenvalue weighted by Gasteiger charge is 2.48. The summed E-state index contributed by atoms with van der Waals surface area (Å²) in [5.41, 5.74) is 1.91. The molecule has 1 aromatic heterocycles. The van der Waals surface area contributed by atoms with Gasteiger partial charge in [0, 0.05) is 5.69 Å². The standard InChI is InChI=1S/C16H12F2N4O/c1-8-5-14(20-9(2)11(8)7-19)21-10-3-4-13-12(6-10)16(17,18)15(23)22-13/h3-6H,1-2H3,(H,20,21)(H,22,23). The zero-order valence-corrected chi connectivity index (χ0v) is 12.4. The van der Waals surface area contributed by atoms with Gasteiger partial charge in [-0.3, -0.25) is 4.79 Å². The van der Waals surface area contributed by atoms with E-state index in [0.717, 1.165) is 5.56 Å². The summed E-state index contributed by atoms with van der Waals surface area (Å²) in [5, 5.41) is 14.1. The van der Waals surface area contributed by atoms with Crippen molar-refractivity contribution in [1.29, 1.82) is 5.26 Å². The molecule has 2 aromatic rings. The number of benzene rings is 1. The highest BCUT2D eigenvalue weighted by molar-refractivity contribution is 6.04. The van der Waals surface area contributed by atoms with Crippen molar-refractivity contribution in [3.63, 3.8) is 0 Å². The topological polar surface area (TPSA) is 77.8 Å². The number of aryl methyl sites for hydroxylation is 2. The van der Waals surface area contributed by atoms with Gasteiger partial charge in [0.2, 0.25) is 0 Å². The van der Waals surface area contributed by atoms with Crippen molar-refractivity contribution in [3.05, 3.63) is 46.6 Å². The highest BCUT2D eigenvalue weighted by Crippen LogP contribution is 2.41. The molecule has 0 spiro atoms. The van der Waals surface area contributed by atoms with Crippen LogP contribution in [0.4, 0.5) is 26.0 Å². The van der Waals surface area contributed by atoms with Crippen LogP contribution >= 0.6 is 0 Å². The number of carbonyl (C=O) groups excluding carboxylic acids is 1. The van der Waals surface area contributed by atoms with Gasteiger partial charge >= 0.3 is 5.92 Å². The van der Waals surface area contributed by atoms with Gasteiger partial charge in [0.05, 0.1) is 22.5 Å². The van der Waals surface area contributed by atoms with Gasteiger partial charge in [0.1, 0.15) is 11.9 Å². The molecule has 1 aliphatic rings. The summed E-state index contributed by atoms with van der Waals surface area (Å²) >= 11 is 0.